The molecule has 4 rings (SSSR count). The number of aryl methyl sites for hydroxylation is 2. The van der Waals surface area contributed by atoms with Crippen LogP contribution < -0.4 is 10.5 Å². The van der Waals surface area contributed by atoms with Crippen LogP contribution in [0.4, 0.5) is 5.95 Å². The molecule has 0 bridgehead atoms. The van der Waals surface area contributed by atoms with E-state index in [4.69, 9.17) is 9.72 Å². The first kappa shape index (κ1) is 20.4. The van der Waals surface area contributed by atoms with Crippen LogP contribution in [-0.2, 0) is 24.1 Å². The van der Waals surface area contributed by atoms with E-state index in [2.05, 4.69) is 38.9 Å². The van der Waals surface area contributed by atoms with Crippen molar-refractivity contribution in [3.8, 4) is 0 Å². The number of ether oxygens (including phenoxy) is 1. The van der Waals surface area contributed by atoms with Gasteiger partial charge in [-0.25, -0.2) is 9.97 Å². The number of benzene rings is 1. The number of piperazine rings is 1. The minimum atomic E-state index is -0.0986. The van der Waals surface area contributed by atoms with Crippen LogP contribution in [-0.4, -0.2) is 71.4 Å². The van der Waals surface area contributed by atoms with Crippen LogP contribution in [0, 0.1) is 0 Å². The van der Waals surface area contributed by atoms with Gasteiger partial charge in [-0.3, -0.25) is 9.36 Å². The first-order valence-electron chi connectivity index (χ1n) is 10.4. The van der Waals surface area contributed by atoms with Gasteiger partial charge in [0, 0.05) is 33.3 Å². The molecular weight excluding hydrogens is 380 g/mol. The maximum Gasteiger partial charge on any atom is 0.273 e. The minimum absolute atomic E-state index is 0.0986. The van der Waals surface area contributed by atoms with Gasteiger partial charge in [-0.05, 0) is 25.5 Å². The van der Waals surface area contributed by atoms with E-state index in [1.165, 1.54) is 5.56 Å². The Kier molecular flexibility index (Phi) is 6.35. The molecule has 1 aliphatic heterocycles. The van der Waals surface area contributed by atoms with Gasteiger partial charge in [-0.2, -0.15) is 4.98 Å². The Morgan fingerprint density at radius 2 is 1.80 bits per heavy atom. The van der Waals surface area contributed by atoms with Crippen molar-refractivity contribution in [2.24, 2.45) is 0 Å². The number of hydrogen-bond acceptors (Lipinski definition) is 7. The van der Waals surface area contributed by atoms with E-state index < -0.39 is 0 Å². The zero-order valence-corrected chi connectivity index (χ0v) is 17.6. The van der Waals surface area contributed by atoms with Crippen LogP contribution in [0.5, 0.6) is 0 Å². The third kappa shape index (κ3) is 4.49. The van der Waals surface area contributed by atoms with E-state index in [0.717, 1.165) is 32.6 Å². The van der Waals surface area contributed by atoms with E-state index in [1.54, 1.807) is 17.9 Å². The van der Waals surface area contributed by atoms with Crippen LogP contribution >= 0.6 is 0 Å². The summed E-state index contributed by atoms with van der Waals surface area (Å²) in [5.74, 6) is 0.653. The van der Waals surface area contributed by atoms with E-state index in [9.17, 15) is 4.79 Å². The van der Waals surface area contributed by atoms with Crippen molar-refractivity contribution in [3.05, 3.63) is 58.1 Å². The number of nitrogens with zero attached hydrogens (tertiary/aromatic N) is 6. The van der Waals surface area contributed by atoms with Crippen molar-refractivity contribution in [3.63, 3.8) is 0 Å². The summed E-state index contributed by atoms with van der Waals surface area (Å²) in [5.41, 5.74) is 2.84. The number of likely N-dealkylation sites (N-methyl/N-ethyl adjacent to an activating group) is 1. The summed E-state index contributed by atoms with van der Waals surface area (Å²) in [7, 11) is 3.75. The molecule has 30 heavy (non-hydrogen) atoms. The molecule has 0 atom stereocenters. The summed E-state index contributed by atoms with van der Waals surface area (Å²) in [6.07, 6.45) is 3.08. The molecule has 158 valence electrons. The molecule has 1 saturated heterocycles. The first-order valence-corrected chi connectivity index (χ1v) is 10.4. The highest BCUT2D eigenvalue weighted by atomic mass is 16.5. The second kappa shape index (κ2) is 9.32. The van der Waals surface area contributed by atoms with Crippen LogP contribution in [0.2, 0.25) is 0 Å². The smallest absolute Gasteiger partial charge is 0.273 e. The van der Waals surface area contributed by atoms with Crippen LogP contribution in [0.3, 0.4) is 0 Å². The normalized spacial score (nSPS) is 15.1. The maximum atomic E-state index is 13.2. The lowest BCUT2D eigenvalue weighted by Crippen LogP contribution is -2.45. The van der Waals surface area contributed by atoms with Gasteiger partial charge in [0.25, 0.3) is 5.56 Å². The van der Waals surface area contributed by atoms with Crippen molar-refractivity contribution < 1.29 is 4.74 Å². The molecule has 8 nitrogen and oxygen atoms in total. The lowest BCUT2D eigenvalue weighted by Gasteiger charge is -2.32. The van der Waals surface area contributed by atoms with Crippen molar-refractivity contribution in [2.75, 3.05) is 51.8 Å². The Bertz CT molecular complexity index is 1040. The highest BCUT2D eigenvalue weighted by molar-refractivity contribution is 5.70. The summed E-state index contributed by atoms with van der Waals surface area (Å²) < 4.78 is 6.93. The quantitative estimate of drug-likeness (QED) is 0.584. The zero-order valence-electron chi connectivity index (χ0n) is 17.6. The predicted octanol–water partition coefficient (Wildman–Crippen LogP) is 1.37. The van der Waals surface area contributed by atoms with Gasteiger partial charge in [0.2, 0.25) is 5.95 Å². The third-order valence-corrected chi connectivity index (χ3v) is 5.54. The first-order chi connectivity index (χ1) is 14.7. The van der Waals surface area contributed by atoms with Gasteiger partial charge < -0.3 is 14.5 Å². The Morgan fingerprint density at radius 1 is 1.03 bits per heavy atom. The van der Waals surface area contributed by atoms with Crippen molar-refractivity contribution in [1.29, 1.82) is 0 Å². The molecule has 1 aromatic carbocycles. The molecule has 8 heteroatoms. The Hall–Kier alpha value is -2.84. The molecule has 0 aliphatic carbocycles. The molecule has 0 N–H and O–H groups in total. The van der Waals surface area contributed by atoms with Crippen LogP contribution in [0.15, 0.2) is 41.3 Å². The summed E-state index contributed by atoms with van der Waals surface area (Å²) >= 11 is 0. The van der Waals surface area contributed by atoms with Gasteiger partial charge in [0.15, 0.2) is 5.65 Å². The minimum Gasteiger partial charge on any atom is -0.383 e. The number of methoxy groups -OCH3 is 1. The van der Waals surface area contributed by atoms with Crippen LogP contribution in [0.25, 0.3) is 11.2 Å². The number of fused-ring (bicyclic) bond motifs is 1. The molecule has 0 saturated carbocycles. The average molecular weight is 409 g/mol. The van der Waals surface area contributed by atoms with E-state index >= 15 is 0 Å². The van der Waals surface area contributed by atoms with Gasteiger partial charge in [0.1, 0.15) is 11.2 Å². The van der Waals surface area contributed by atoms with Gasteiger partial charge in [-0.15, -0.1) is 0 Å². The Labute approximate surface area is 176 Å². The SMILES string of the molecule is COCCn1c(=O)c(CCc2ccccc2)nc2cnc(N3CCN(C)CC3)nc21. The number of aromatic nitrogens is 4. The summed E-state index contributed by atoms with van der Waals surface area (Å²) in [6.45, 7) is 4.54. The topological polar surface area (TPSA) is 76.4 Å². The largest absolute Gasteiger partial charge is 0.383 e. The fourth-order valence-corrected chi connectivity index (χ4v) is 3.70. The fourth-order valence-electron chi connectivity index (χ4n) is 3.70. The lowest BCUT2D eigenvalue weighted by atomic mass is 10.1. The lowest BCUT2D eigenvalue weighted by molar-refractivity contribution is 0.187. The Morgan fingerprint density at radius 3 is 2.53 bits per heavy atom. The standard InChI is InChI=1S/C22H28N6O2/c1-26-10-12-27(13-11-26)22-23-16-19-20(25-22)28(14-15-30-2)21(29)18(24-19)9-8-17-6-4-3-5-7-17/h3-7,16H,8-15H2,1-2H3. The molecule has 0 unspecified atom stereocenters. The van der Waals surface area contributed by atoms with Gasteiger partial charge >= 0.3 is 0 Å². The highest BCUT2D eigenvalue weighted by Gasteiger charge is 2.19. The predicted molar refractivity (Wildman–Crippen MR) is 117 cm³/mol. The average Bonchev–Trinajstić information content (AvgIpc) is 2.78. The van der Waals surface area contributed by atoms with Crippen molar-refractivity contribution in [2.45, 2.75) is 19.4 Å². The van der Waals surface area contributed by atoms with Crippen molar-refractivity contribution in [1.82, 2.24) is 24.4 Å². The fraction of sp³-hybridized carbons (Fsp3) is 0.455. The van der Waals surface area contributed by atoms with E-state index in [1.807, 2.05) is 18.2 Å². The van der Waals surface area contributed by atoms with E-state index in [0.29, 0.717) is 42.4 Å². The molecule has 1 fully saturated rings. The zero-order chi connectivity index (χ0) is 20.9. The van der Waals surface area contributed by atoms with Crippen molar-refractivity contribution >= 4 is 17.1 Å². The summed E-state index contributed by atoms with van der Waals surface area (Å²) in [6, 6.07) is 10.1. The molecule has 3 heterocycles. The van der Waals surface area contributed by atoms with Crippen LogP contribution in [0.1, 0.15) is 11.3 Å². The monoisotopic (exact) mass is 408 g/mol. The maximum absolute atomic E-state index is 13.2. The number of rotatable bonds is 7. The molecular formula is C22H28N6O2. The van der Waals surface area contributed by atoms with E-state index in [-0.39, 0.29) is 5.56 Å². The number of anilines is 1. The number of hydrogen-bond donors (Lipinski definition) is 0. The van der Waals surface area contributed by atoms with Gasteiger partial charge in [-0.1, -0.05) is 30.3 Å². The molecule has 0 amide bonds. The van der Waals surface area contributed by atoms with Gasteiger partial charge in [0.05, 0.1) is 19.3 Å². The Balaban J connectivity index is 1.68. The highest BCUT2D eigenvalue weighted by Crippen LogP contribution is 2.15. The summed E-state index contributed by atoms with van der Waals surface area (Å²) in [5, 5.41) is 0. The summed E-state index contributed by atoms with van der Waals surface area (Å²) in [4.78, 5) is 31.6. The second-order valence-corrected chi connectivity index (χ2v) is 7.66. The molecule has 0 radical (unpaired) electrons. The third-order valence-electron chi connectivity index (χ3n) is 5.54. The molecule has 2 aromatic heterocycles. The molecule has 0 spiro atoms. The second-order valence-electron chi connectivity index (χ2n) is 7.66. The molecule has 1 aliphatic rings. The molecule has 3 aromatic rings.